The molecule has 0 atom stereocenters. The molecule has 0 radical (unpaired) electrons. The van der Waals surface area contributed by atoms with Gasteiger partial charge in [0.1, 0.15) is 18.1 Å². The number of carbonyl (C=O) groups excluding carboxylic acids is 1. The number of imidazole rings is 1. The Labute approximate surface area is 152 Å². The molecule has 0 unspecified atom stereocenters. The van der Waals surface area contributed by atoms with Gasteiger partial charge in [-0.25, -0.2) is 13.4 Å². The molecule has 136 valence electrons. The van der Waals surface area contributed by atoms with Crippen LogP contribution in [0.1, 0.15) is 11.4 Å². The summed E-state index contributed by atoms with van der Waals surface area (Å²) in [5, 5.41) is 2.89. The largest absolute Gasteiger partial charge is 0.354 e. The maximum absolute atomic E-state index is 12.4. The van der Waals surface area contributed by atoms with E-state index >= 15 is 0 Å². The number of para-hydroxylation sites is 2. The molecular weight excluding hydrogens is 350 g/mol. The second-order valence-corrected chi connectivity index (χ2v) is 8.40. The van der Waals surface area contributed by atoms with E-state index in [1.165, 1.54) is 0 Å². The third-order valence-electron chi connectivity index (χ3n) is 4.01. The zero-order valence-electron chi connectivity index (χ0n) is 14.6. The molecule has 0 saturated carbocycles. The number of amides is 1. The van der Waals surface area contributed by atoms with Crippen molar-refractivity contribution in [2.24, 2.45) is 0 Å². The fourth-order valence-corrected chi connectivity index (χ4v) is 3.53. The molecular formula is C19H21N3O3S. The molecule has 0 spiro atoms. The van der Waals surface area contributed by atoms with Gasteiger partial charge in [-0.05, 0) is 24.1 Å². The van der Waals surface area contributed by atoms with Crippen molar-refractivity contribution in [2.45, 2.75) is 18.7 Å². The molecule has 3 aromatic rings. The summed E-state index contributed by atoms with van der Waals surface area (Å²) in [7, 11) is -3.25. The van der Waals surface area contributed by atoms with E-state index in [0.29, 0.717) is 17.9 Å². The summed E-state index contributed by atoms with van der Waals surface area (Å²) in [6.45, 7) is 0.567. The quantitative estimate of drug-likeness (QED) is 0.688. The van der Waals surface area contributed by atoms with Crippen LogP contribution in [-0.2, 0) is 33.4 Å². The Balaban J connectivity index is 1.72. The highest BCUT2D eigenvalue weighted by Gasteiger charge is 2.17. The number of hydrogen-bond donors (Lipinski definition) is 1. The lowest BCUT2D eigenvalue weighted by Gasteiger charge is -2.10. The average Bonchev–Trinajstić information content (AvgIpc) is 2.91. The summed E-state index contributed by atoms with van der Waals surface area (Å²) >= 11 is 0. The lowest BCUT2D eigenvalue weighted by molar-refractivity contribution is -0.121. The van der Waals surface area contributed by atoms with Crippen molar-refractivity contribution in [1.29, 1.82) is 0 Å². The number of benzene rings is 2. The Bertz CT molecular complexity index is 1010. The molecule has 0 aliphatic rings. The second kappa shape index (κ2) is 7.70. The number of aromatic nitrogens is 2. The van der Waals surface area contributed by atoms with E-state index in [4.69, 9.17) is 0 Å². The molecule has 1 aromatic heterocycles. The molecule has 26 heavy (non-hydrogen) atoms. The van der Waals surface area contributed by atoms with E-state index in [9.17, 15) is 13.2 Å². The van der Waals surface area contributed by atoms with Crippen molar-refractivity contribution in [3.63, 3.8) is 0 Å². The van der Waals surface area contributed by atoms with Crippen molar-refractivity contribution in [2.75, 3.05) is 12.8 Å². The minimum absolute atomic E-state index is 0.0418. The number of carbonyl (C=O) groups is 1. The summed E-state index contributed by atoms with van der Waals surface area (Å²) in [6, 6.07) is 17.2. The first-order chi connectivity index (χ1) is 12.4. The van der Waals surface area contributed by atoms with Crippen LogP contribution in [-0.4, -0.2) is 36.7 Å². The van der Waals surface area contributed by atoms with Crippen molar-refractivity contribution >= 4 is 26.8 Å². The van der Waals surface area contributed by atoms with Crippen molar-refractivity contribution in [1.82, 2.24) is 14.9 Å². The van der Waals surface area contributed by atoms with Crippen LogP contribution in [0, 0.1) is 0 Å². The Morgan fingerprint density at radius 2 is 1.77 bits per heavy atom. The van der Waals surface area contributed by atoms with E-state index in [0.717, 1.165) is 23.8 Å². The number of nitrogens with zero attached hydrogens (tertiary/aromatic N) is 2. The minimum Gasteiger partial charge on any atom is -0.354 e. The number of fused-ring (bicyclic) bond motifs is 1. The molecule has 6 nitrogen and oxygen atoms in total. The summed E-state index contributed by atoms with van der Waals surface area (Å²) in [5.41, 5.74) is 2.59. The van der Waals surface area contributed by atoms with Gasteiger partial charge in [-0.2, -0.15) is 0 Å². The molecule has 3 rings (SSSR count). The topological polar surface area (TPSA) is 81.1 Å². The molecule has 7 heteroatoms. The highest BCUT2D eigenvalue weighted by molar-refractivity contribution is 7.89. The van der Waals surface area contributed by atoms with E-state index in [-0.39, 0.29) is 18.2 Å². The number of rotatable bonds is 7. The van der Waals surface area contributed by atoms with Gasteiger partial charge in [-0.3, -0.25) is 4.79 Å². The molecule has 1 N–H and O–H groups in total. The summed E-state index contributed by atoms with van der Waals surface area (Å²) in [6.07, 6.45) is 1.91. The Hall–Kier alpha value is -2.67. The van der Waals surface area contributed by atoms with E-state index in [2.05, 4.69) is 10.3 Å². The first-order valence-corrected chi connectivity index (χ1v) is 10.4. The van der Waals surface area contributed by atoms with Crippen LogP contribution in [0.15, 0.2) is 54.6 Å². The average molecular weight is 371 g/mol. The van der Waals surface area contributed by atoms with Gasteiger partial charge in [-0.1, -0.05) is 42.5 Å². The van der Waals surface area contributed by atoms with Crippen LogP contribution in [0.25, 0.3) is 11.0 Å². The van der Waals surface area contributed by atoms with Gasteiger partial charge >= 0.3 is 0 Å². The summed E-state index contributed by atoms with van der Waals surface area (Å²) < 4.78 is 25.1. The highest BCUT2D eigenvalue weighted by Crippen LogP contribution is 2.17. The van der Waals surface area contributed by atoms with Gasteiger partial charge in [0, 0.05) is 12.8 Å². The molecule has 0 bridgehead atoms. The van der Waals surface area contributed by atoms with E-state index < -0.39 is 9.84 Å². The Morgan fingerprint density at radius 3 is 2.50 bits per heavy atom. The van der Waals surface area contributed by atoms with Crippen LogP contribution in [0.4, 0.5) is 0 Å². The van der Waals surface area contributed by atoms with Crippen molar-refractivity contribution < 1.29 is 13.2 Å². The standard InChI is InChI=1S/C19H21N3O3S/c1-26(24,25)14-18-21-16-9-5-6-10-17(16)22(18)13-19(23)20-12-11-15-7-3-2-4-8-15/h2-10H,11-14H2,1H3,(H,20,23). The van der Waals surface area contributed by atoms with Gasteiger partial charge in [0.2, 0.25) is 5.91 Å². The van der Waals surface area contributed by atoms with Crippen LogP contribution >= 0.6 is 0 Å². The number of nitrogens with one attached hydrogen (secondary N) is 1. The molecule has 2 aromatic carbocycles. The number of sulfone groups is 1. The monoisotopic (exact) mass is 371 g/mol. The second-order valence-electron chi connectivity index (χ2n) is 6.26. The first-order valence-electron chi connectivity index (χ1n) is 8.35. The van der Waals surface area contributed by atoms with Gasteiger partial charge < -0.3 is 9.88 Å². The smallest absolute Gasteiger partial charge is 0.240 e. The van der Waals surface area contributed by atoms with Gasteiger partial charge in [0.15, 0.2) is 9.84 Å². The Kier molecular flexibility index (Phi) is 5.37. The van der Waals surface area contributed by atoms with Crippen LogP contribution in [0.5, 0.6) is 0 Å². The minimum atomic E-state index is -3.25. The predicted octanol–water partition coefficient (Wildman–Crippen LogP) is 1.94. The van der Waals surface area contributed by atoms with E-state index in [1.54, 1.807) is 4.57 Å². The first kappa shape index (κ1) is 18.1. The third-order valence-corrected chi connectivity index (χ3v) is 4.79. The normalized spacial score (nSPS) is 11.6. The lowest BCUT2D eigenvalue weighted by Crippen LogP contribution is -2.30. The maximum Gasteiger partial charge on any atom is 0.240 e. The number of hydrogen-bond acceptors (Lipinski definition) is 4. The van der Waals surface area contributed by atoms with Crippen molar-refractivity contribution in [3.8, 4) is 0 Å². The third kappa shape index (κ3) is 4.70. The van der Waals surface area contributed by atoms with Gasteiger partial charge in [-0.15, -0.1) is 0 Å². The summed E-state index contributed by atoms with van der Waals surface area (Å²) in [4.78, 5) is 16.7. The Morgan fingerprint density at radius 1 is 1.08 bits per heavy atom. The molecule has 0 aliphatic carbocycles. The van der Waals surface area contributed by atoms with Crippen LogP contribution < -0.4 is 5.32 Å². The predicted molar refractivity (Wildman–Crippen MR) is 101 cm³/mol. The zero-order valence-corrected chi connectivity index (χ0v) is 15.4. The van der Waals surface area contributed by atoms with Crippen LogP contribution in [0.3, 0.4) is 0 Å². The molecule has 1 heterocycles. The zero-order chi connectivity index (χ0) is 18.6. The highest BCUT2D eigenvalue weighted by atomic mass is 32.2. The van der Waals surface area contributed by atoms with E-state index in [1.807, 2.05) is 54.6 Å². The molecule has 0 fully saturated rings. The fourth-order valence-electron chi connectivity index (χ4n) is 2.84. The lowest BCUT2D eigenvalue weighted by atomic mass is 10.1. The summed E-state index contributed by atoms with van der Waals surface area (Å²) in [5.74, 6) is 0.0182. The maximum atomic E-state index is 12.4. The van der Waals surface area contributed by atoms with Crippen molar-refractivity contribution in [3.05, 3.63) is 66.0 Å². The molecule has 1 amide bonds. The van der Waals surface area contributed by atoms with Gasteiger partial charge in [0.05, 0.1) is 11.0 Å². The molecule has 0 saturated heterocycles. The van der Waals surface area contributed by atoms with Gasteiger partial charge in [0.25, 0.3) is 0 Å². The molecule has 0 aliphatic heterocycles. The fraction of sp³-hybridized carbons (Fsp3) is 0.263. The van der Waals surface area contributed by atoms with Crippen LogP contribution in [0.2, 0.25) is 0 Å². The SMILES string of the molecule is CS(=O)(=O)Cc1nc2ccccc2n1CC(=O)NCCc1ccccc1.